The van der Waals surface area contributed by atoms with Crippen molar-refractivity contribution in [2.45, 2.75) is 39.9 Å². The van der Waals surface area contributed by atoms with Crippen LogP contribution in [0.5, 0.6) is 0 Å². The van der Waals surface area contributed by atoms with Gasteiger partial charge in [0.05, 0.1) is 0 Å². The molecule has 0 heterocycles. The van der Waals surface area contributed by atoms with Gasteiger partial charge in [-0.2, -0.15) is 0 Å². The van der Waals surface area contributed by atoms with Crippen LogP contribution in [0, 0.1) is 0 Å². The maximum absolute atomic E-state index is 5.32. The van der Waals surface area contributed by atoms with Gasteiger partial charge in [0.15, 0.2) is 0 Å². The van der Waals surface area contributed by atoms with Crippen molar-refractivity contribution >= 4 is 20.0 Å². The molecule has 0 aromatic carbocycles. The molecule has 0 aliphatic carbocycles. The second kappa shape index (κ2) is 5.90. The second-order valence-electron chi connectivity index (χ2n) is 2.69. The Hall–Kier alpha value is 0.314. The summed E-state index contributed by atoms with van der Waals surface area (Å²) in [4.78, 5) is 0. The van der Waals surface area contributed by atoms with Crippen molar-refractivity contribution in [1.82, 2.24) is 0 Å². The van der Waals surface area contributed by atoms with E-state index in [-0.39, 0.29) is 12.2 Å². The quantitative estimate of drug-likeness (QED) is 0.603. The van der Waals surface area contributed by atoms with Gasteiger partial charge in [-0.3, -0.25) is 0 Å². The Labute approximate surface area is 73.5 Å². The van der Waals surface area contributed by atoms with E-state index in [0.717, 1.165) is 0 Å². The Morgan fingerprint density at radius 2 is 1.36 bits per heavy atom. The molecule has 0 N–H and O–H groups in total. The fraction of sp³-hybridized carbons (Fsp3) is 1.00. The normalized spacial score (nSPS) is 12.0. The van der Waals surface area contributed by atoms with Crippen molar-refractivity contribution in [2.24, 2.45) is 0 Å². The summed E-state index contributed by atoms with van der Waals surface area (Å²) in [6, 6.07) is 0. The summed E-state index contributed by atoms with van der Waals surface area (Å²) in [7, 11) is 1.35. The zero-order valence-corrected chi connectivity index (χ0v) is 9.38. The number of hydrogen-bond donors (Lipinski definition) is 0. The minimum atomic E-state index is -1.57. The van der Waals surface area contributed by atoms with Crippen LogP contribution in [0.15, 0.2) is 0 Å². The highest BCUT2D eigenvalue weighted by Gasteiger charge is 2.19. The van der Waals surface area contributed by atoms with Crippen LogP contribution in [-0.2, 0) is 13.0 Å². The van der Waals surface area contributed by atoms with Gasteiger partial charge in [0.25, 0.3) is 0 Å². The first-order chi connectivity index (χ1) is 5.06. The van der Waals surface area contributed by atoms with Crippen molar-refractivity contribution in [2.75, 3.05) is 0 Å². The van der Waals surface area contributed by atoms with E-state index >= 15 is 0 Å². The van der Waals surface area contributed by atoms with Crippen molar-refractivity contribution in [3.05, 3.63) is 0 Å². The smallest absolute Gasteiger partial charge is 0.413 e. The van der Waals surface area contributed by atoms with E-state index in [0.29, 0.717) is 0 Å². The molecule has 0 aliphatic heterocycles. The molecule has 0 bridgehead atoms. The molecule has 0 spiro atoms. The maximum atomic E-state index is 5.32. The monoisotopic (exact) mass is 190 g/mol. The third kappa shape index (κ3) is 6.70. The van der Waals surface area contributed by atoms with Crippen molar-refractivity contribution in [1.29, 1.82) is 0 Å². The van der Waals surface area contributed by atoms with Crippen LogP contribution in [-0.4, -0.2) is 32.2 Å². The first kappa shape index (κ1) is 11.3. The molecule has 4 radical (unpaired) electrons. The summed E-state index contributed by atoms with van der Waals surface area (Å²) in [5.41, 5.74) is 0. The van der Waals surface area contributed by atoms with Gasteiger partial charge in [-0.05, 0) is 27.7 Å². The molecule has 0 amide bonds. The van der Waals surface area contributed by atoms with Gasteiger partial charge in [-0.25, -0.2) is 0 Å². The SMILES string of the molecule is CC(C)O[Si](O[Si])OC(C)C. The minimum absolute atomic E-state index is 0.138. The molecule has 0 aromatic rings. The summed E-state index contributed by atoms with van der Waals surface area (Å²) in [5, 5.41) is 0. The number of hydrogen-bond acceptors (Lipinski definition) is 3. The zero-order valence-electron chi connectivity index (χ0n) is 7.38. The van der Waals surface area contributed by atoms with Gasteiger partial charge in [0.1, 0.15) is 0 Å². The van der Waals surface area contributed by atoms with Crippen LogP contribution in [0.25, 0.3) is 0 Å². The highest BCUT2D eigenvalue weighted by atomic mass is 28.4. The number of rotatable bonds is 5. The van der Waals surface area contributed by atoms with Gasteiger partial charge in [-0.15, -0.1) is 0 Å². The van der Waals surface area contributed by atoms with Gasteiger partial charge < -0.3 is 13.0 Å². The Morgan fingerprint density at radius 3 is 1.55 bits per heavy atom. The Morgan fingerprint density at radius 1 is 1.00 bits per heavy atom. The molecular weight excluding hydrogens is 176 g/mol. The lowest BCUT2D eigenvalue weighted by Crippen LogP contribution is -2.31. The lowest BCUT2D eigenvalue weighted by atomic mass is 10.5. The van der Waals surface area contributed by atoms with Crippen molar-refractivity contribution < 1.29 is 13.0 Å². The van der Waals surface area contributed by atoms with Crippen LogP contribution in [0.3, 0.4) is 0 Å². The second-order valence-corrected chi connectivity index (χ2v) is 4.47. The topological polar surface area (TPSA) is 27.7 Å². The molecule has 0 rings (SSSR count). The van der Waals surface area contributed by atoms with Gasteiger partial charge in [-0.1, -0.05) is 0 Å². The molecule has 0 unspecified atom stereocenters. The van der Waals surface area contributed by atoms with Crippen molar-refractivity contribution in [3.63, 3.8) is 0 Å². The van der Waals surface area contributed by atoms with Crippen LogP contribution >= 0.6 is 0 Å². The largest absolute Gasteiger partial charge is 0.566 e. The fourth-order valence-corrected chi connectivity index (χ4v) is 1.67. The van der Waals surface area contributed by atoms with Gasteiger partial charge in [0.2, 0.25) is 10.5 Å². The first-order valence-electron chi connectivity index (χ1n) is 3.60. The lowest BCUT2D eigenvalue weighted by Gasteiger charge is -2.16. The molecule has 0 aromatic heterocycles. The molecule has 5 heteroatoms. The molecule has 3 nitrogen and oxygen atoms in total. The Balaban J connectivity index is 3.58. The van der Waals surface area contributed by atoms with Crippen LogP contribution in [0.4, 0.5) is 0 Å². The first-order valence-corrected chi connectivity index (χ1v) is 5.23. The zero-order chi connectivity index (χ0) is 8.85. The maximum Gasteiger partial charge on any atom is 0.566 e. The highest BCUT2D eigenvalue weighted by Crippen LogP contribution is 1.99. The summed E-state index contributed by atoms with van der Waals surface area (Å²) < 4.78 is 15.5. The predicted octanol–water partition coefficient (Wildman–Crippen LogP) is 0.921. The summed E-state index contributed by atoms with van der Waals surface area (Å²) in [5.74, 6) is 0. The fourth-order valence-electron chi connectivity index (χ4n) is 0.461. The summed E-state index contributed by atoms with van der Waals surface area (Å²) in [6.07, 6.45) is 0.276. The third-order valence-corrected chi connectivity index (χ3v) is 2.74. The molecule has 11 heavy (non-hydrogen) atoms. The third-order valence-electron chi connectivity index (χ3n) is 0.747. The van der Waals surface area contributed by atoms with E-state index in [9.17, 15) is 0 Å². The van der Waals surface area contributed by atoms with E-state index in [1.807, 2.05) is 27.7 Å². The van der Waals surface area contributed by atoms with E-state index in [2.05, 4.69) is 10.5 Å². The van der Waals surface area contributed by atoms with E-state index in [1.165, 1.54) is 0 Å². The van der Waals surface area contributed by atoms with Crippen LogP contribution in [0.2, 0.25) is 0 Å². The standard InChI is InChI=1S/C6H14O3Si2/c1-5(2)7-11(9-10)8-6(3)4/h5-6H,1-4H3. The molecular formula is C6H14O3Si2. The van der Waals surface area contributed by atoms with Gasteiger partial charge >= 0.3 is 9.53 Å². The molecule has 0 saturated heterocycles. The molecule has 0 fully saturated rings. The van der Waals surface area contributed by atoms with Gasteiger partial charge in [0, 0.05) is 12.2 Å². The summed E-state index contributed by atoms with van der Waals surface area (Å²) in [6.45, 7) is 7.78. The van der Waals surface area contributed by atoms with E-state index < -0.39 is 9.53 Å². The van der Waals surface area contributed by atoms with E-state index in [4.69, 9.17) is 13.0 Å². The van der Waals surface area contributed by atoms with Crippen molar-refractivity contribution in [3.8, 4) is 0 Å². The molecule has 0 aliphatic rings. The average molecular weight is 190 g/mol. The molecule has 64 valence electrons. The van der Waals surface area contributed by atoms with Crippen LogP contribution < -0.4 is 0 Å². The van der Waals surface area contributed by atoms with Crippen LogP contribution in [0.1, 0.15) is 27.7 Å². The minimum Gasteiger partial charge on any atom is -0.413 e. The lowest BCUT2D eigenvalue weighted by molar-refractivity contribution is 0.0874. The van der Waals surface area contributed by atoms with E-state index in [1.54, 1.807) is 0 Å². The highest BCUT2D eigenvalue weighted by molar-refractivity contribution is 6.42. The predicted molar refractivity (Wildman–Crippen MR) is 45.0 cm³/mol. The average Bonchev–Trinajstić information content (AvgIpc) is 1.84. The molecule has 0 atom stereocenters. The Bertz CT molecular complexity index is 87.8. The molecule has 0 saturated carbocycles. The Kier molecular flexibility index (Phi) is 6.07. The summed E-state index contributed by atoms with van der Waals surface area (Å²) >= 11 is 0.